The SMILES string of the molecule is CN(Cc1ccccc1Cl)C(=S)NC[C@H]1CCCO1. The second kappa shape index (κ2) is 7.08. The van der Waals surface area contributed by atoms with Crippen molar-refractivity contribution in [1.82, 2.24) is 10.2 Å². The molecule has 1 N–H and O–H groups in total. The molecule has 0 radical (unpaired) electrons. The molecule has 1 heterocycles. The minimum absolute atomic E-state index is 0.298. The van der Waals surface area contributed by atoms with Gasteiger partial charge >= 0.3 is 0 Å². The average Bonchev–Trinajstić information content (AvgIpc) is 2.91. The van der Waals surface area contributed by atoms with Crippen LogP contribution in [0.5, 0.6) is 0 Å². The van der Waals surface area contributed by atoms with Crippen molar-refractivity contribution in [2.75, 3.05) is 20.2 Å². The van der Waals surface area contributed by atoms with E-state index in [1.807, 2.05) is 36.2 Å². The Morgan fingerprint density at radius 3 is 3.00 bits per heavy atom. The molecule has 0 aliphatic carbocycles. The second-order valence-electron chi connectivity index (χ2n) is 4.77. The van der Waals surface area contributed by atoms with Gasteiger partial charge < -0.3 is 15.0 Å². The maximum atomic E-state index is 6.14. The quantitative estimate of drug-likeness (QED) is 0.864. The Balaban J connectivity index is 1.80. The van der Waals surface area contributed by atoms with Gasteiger partial charge in [-0.05, 0) is 36.7 Å². The van der Waals surface area contributed by atoms with E-state index >= 15 is 0 Å². The van der Waals surface area contributed by atoms with E-state index in [0.717, 1.165) is 41.7 Å². The van der Waals surface area contributed by atoms with E-state index in [4.69, 9.17) is 28.6 Å². The van der Waals surface area contributed by atoms with Crippen LogP contribution < -0.4 is 5.32 Å². The van der Waals surface area contributed by atoms with Crippen molar-refractivity contribution in [2.45, 2.75) is 25.5 Å². The predicted molar refractivity (Wildman–Crippen MR) is 82.5 cm³/mol. The molecule has 19 heavy (non-hydrogen) atoms. The average molecular weight is 299 g/mol. The molecule has 1 fully saturated rings. The van der Waals surface area contributed by atoms with Gasteiger partial charge in [-0.1, -0.05) is 29.8 Å². The van der Waals surface area contributed by atoms with Crippen molar-refractivity contribution in [1.29, 1.82) is 0 Å². The minimum Gasteiger partial charge on any atom is -0.376 e. The van der Waals surface area contributed by atoms with Crippen molar-refractivity contribution >= 4 is 28.9 Å². The monoisotopic (exact) mass is 298 g/mol. The van der Waals surface area contributed by atoms with E-state index in [0.29, 0.717) is 12.6 Å². The molecule has 0 aromatic heterocycles. The summed E-state index contributed by atoms with van der Waals surface area (Å²) in [4.78, 5) is 1.99. The fourth-order valence-corrected chi connectivity index (χ4v) is 2.44. The van der Waals surface area contributed by atoms with Gasteiger partial charge in [0.2, 0.25) is 0 Å². The Morgan fingerprint density at radius 2 is 2.32 bits per heavy atom. The lowest BCUT2D eigenvalue weighted by molar-refractivity contribution is 0.113. The number of benzene rings is 1. The molecule has 0 unspecified atom stereocenters. The Morgan fingerprint density at radius 1 is 1.53 bits per heavy atom. The number of hydrogen-bond acceptors (Lipinski definition) is 2. The van der Waals surface area contributed by atoms with Gasteiger partial charge in [0, 0.05) is 31.8 Å². The zero-order valence-corrected chi connectivity index (χ0v) is 12.6. The van der Waals surface area contributed by atoms with E-state index in [9.17, 15) is 0 Å². The number of halogens is 1. The minimum atomic E-state index is 0.298. The Labute approximate surface area is 124 Å². The van der Waals surface area contributed by atoms with E-state index in [2.05, 4.69) is 5.32 Å². The van der Waals surface area contributed by atoms with Gasteiger partial charge in [0.05, 0.1) is 6.10 Å². The van der Waals surface area contributed by atoms with E-state index in [1.165, 1.54) is 0 Å². The summed E-state index contributed by atoms with van der Waals surface area (Å²) in [5, 5.41) is 4.76. The van der Waals surface area contributed by atoms with Crippen LogP contribution in [-0.2, 0) is 11.3 Å². The Hall–Kier alpha value is -0.840. The van der Waals surface area contributed by atoms with Crippen LogP contribution in [0.15, 0.2) is 24.3 Å². The molecule has 1 aromatic rings. The number of nitrogens with one attached hydrogen (secondary N) is 1. The van der Waals surface area contributed by atoms with Crippen molar-refractivity contribution in [3.05, 3.63) is 34.9 Å². The maximum absolute atomic E-state index is 6.14. The summed E-state index contributed by atoms with van der Waals surface area (Å²) < 4.78 is 5.56. The first-order valence-corrected chi connectivity index (χ1v) is 7.29. The first-order valence-electron chi connectivity index (χ1n) is 6.51. The molecule has 1 aliphatic heterocycles. The van der Waals surface area contributed by atoms with Crippen molar-refractivity contribution in [3.63, 3.8) is 0 Å². The van der Waals surface area contributed by atoms with E-state index in [1.54, 1.807) is 0 Å². The van der Waals surface area contributed by atoms with Crippen molar-refractivity contribution < 1.29 is 4.74 Å². The summed E-state index contributed by atoms with van der Waals surface area (Å²) in [7, 11) is 1.97. The summed E-state index contributed by atoms with van der Waals surface area (Å²) in [6.07, 6.45) is 2.56. The first-order chi connectivity index (χ1) is 9.16. The van der Waals surface area contributed by atoms with Crippen LogP contribution in [0.2, 0.25) is 5.02 Å². The topological polar surface area (TPSA) is 24.5 Å². The van der Waals surface area contributed by atoms with Crippen LogP contribution in [-0.4, -0.2) is 36.3 Å². The Bertz CT molecular complexity index is 435. The molecule has 1 aliphatic rings. The van der Waals surface area contributed by atoms with E-state index < -0.39 is 0 Å². The maximum Gasteiger partial charge on any atom is 0.169 e. The molecular formula is C14H19ClN2OS. The zero-order valence-electron chi connectivity index (χ0n) is 11.1. The summed E-state index contributed by atoms with van der Waals surface area (Å²) >= 11 is 11.5. The fraction of sp³-hybridized carbons (Fsp3) is 0.500. The van der Waals surface area contributed by atoms with E-state index in [-0.39, 0.29) is 0 Å². The molecule has 104 valence electrons. The van der Waals surface area contributed by atoms with Crippen LogP contribution in [0, 0.1) is 0 Å². The summed E-state index contributed by atoms with van der Waals surface area (Å²) in [6, 6.07) is 7.83. The van der Waals surface area contributed by atoms with Crippen LogP contribution >= 0.6 is 23.8 Å². The molecule has 0 amide bonds. The largest absolute Gasteiger partial charge is 0.376 e. The highest BCUT2D eigenvalue weighted by Gasteiger charge is 2.16. The van der Waals surface area contributed by atoms with Gasteiger partial charge in [-0.2, -0.15) is 0 Å². The zero-order chi connectivity index (χ0) is 13.7. The number of nitrogens with zero attached hydrogens (tertiary/aromatic N) is 1. The van der Waals surface area contributed by atoms with Crippen LogP contribution in [0.4, 0.5) is 0 Å². The standard InChI is InChI=1S/C14H19ClN2OS/c1-17(10-11-5-2-3-7-13(11)15)14(19)16-9-12-6-4-8-18-12/h2-3,5,7,12H,4,6,8-10H2,1H3,(H,16,19)/t12-/m1/s1. The number of ether oxygens (including phenoxy) is 1. The summed E-state index contributed by atoms with van der Waals surface area (Å²) in [5.41, 5.74) is 1.08. The third-order valence-electron chi connectivity index (χ3n) is 3.22. The lowest BCUT2D eigenvalue weighted by Crippen LogP contribution is -2.40. The van der Waals surface area contributed by atoms with Crippen LogP contribution in [0.1, 0.15) is 18.4 Å². The van der Waals surface area contributed by atoms with Gasteiger partial charge in [-0.3, -0.25) is 0 Å². The molecule has 5 heteroatoms. The molecule has 1 saturated heterocycles. The van der Waals surface area contributed by atoms with Crippen molar-refractivity contribution in [3.8, 4) is 0 Å². The van der Waals surface area contributed by atoms with Gasteiger partial charge in [0.25, 0.3) is 0 Å². The normalized spacial score (nSPS) is 18.3. The smallest absolute Gasteiger partial charge is 0.169 e. The molecule has 0 bridgehead atoms. The predicted octanol–water partition coefficient (Wildman–Crippen LogP) is 2.83. The van der Waals surface area contributed by atoms with Crippen molar-refractivity contribution in [2.24, 2.45) is 0 Å². The lowest BCUT2D eigenvalue weighted by atomic mass is 10.2. The molecule has 2 rings (SSSR count). The van der Waals surface area contributed by atoms with Gasteiger partial charge in [-0.15, -0.1) is 0 Å². The molecule has 3 nitrogen and oxygen atoms in total. The second-order valence-corrected chi connectivity index (χ2v) is 5.56. The first kappa shape index (κ1) is 14.6. The van der Waals surface area contributed by atoms with Gasteiger partial charge in [-0.25, -0.2) is 0 Å². The number of hydrogen-bond donors (Lipinski definition) is 1. The number of thiocarbonyl (C=S) groups is 1. The third-order valence-corrected chi connectivity index (χ3v) is 4.04. The van der Waals surface area contributed by atoms with Crippen LogP contribution in [0.3, 0.4) is 0 Å². The molecule has 1 atom stereocenters. The van der Waals surface area contributed by atoms with Crippen LogP contribution in [0.25, 0.3) is 0 Å². The highest BCUT2D eigenvalue weighted by Crippen LogP contribution is 2.16. The van der Waals surface area contributed by atoms with Gasteiger partial charge in [0.1, 0.15) is 0 Å². The highest BCUT2D eigenvalue weighted by molar-refractivity contribution is 7.80. The van der Waals surface area contributed by atoms with Gasteiger partial charge in [0.15, 0.2) is 5.11 Å². The lowest BCUT2D eigenvalue weighted by Gasteiger charge is -2.22. The molecular weight excluding hydrogens is 280 g/mol. The Kier molecular flexibility index (Phi) is 5.43. The molecule has 1 aromatic carbocycles. The highest BCUT2D eigenvalue weighted by atomic mass is 35.5. The molecule has 0 saturated carbocycles. The third kappa shape index (κ3) is 4.34. The molecule has 0 spiro atoms. The summed E-state index contributed by atoms with van der Waals surface area (Å²) in [6.45, 7) is 2.36. The number of rotatable bonds is 4. The fourth-order valence-electron chi connectivity index (χ4n) is 2.10. The summed E-state index contributed by atoms with van der Waals surface area (Å²) in [5.74, 6) is 0.